The maximum absolute atomic E-state index is 4.51. The van der Waals surface area contributed by atoms with Crippen molar-refractivity contribution in [1.29, 1.82) is 0 Å². The van der Waals surface area contributed by atoms with Gasteiger partial charge in [-0.05, 0) is 37.4 Å². The van der Waals surface area contributed by atoms with Crippen LogP contribution in [0.15, 0.2) is 42.7 Å². The molecule has 0 aliphatic heterocycles. The second kappa shape index (κ2) is 7.72. The molecule has 4 heteroatoms. The van der Waals surface area contributed by atoms with E-state index in [1.807, 2.05) is 30.6 Å². The lowest BCUT2D eigenvalue weighted by Crippen LogP contribution is -2.19. The van der Waals surface area contributed by atoms with Crippen LogP contribution in [0.25, 0.3) is 0 Å². The lowest BCUT2D eigenvalue weighted by molar-refractivity contribution is 0.311. The van der Waals surface area contributed by atoms with Gasteiger partial charge in [0.2, 0.25) is 0 Å². The SMILES string of the molecule is CCNCc1ccc(CN(C)Cc2ccccn2)nc1. The number of hydrogen-bond acceptors (Lipinski definition) is 4. The number of nitrogens with zero attached hydrogens (tertiary/aromatic N) is 3. The molecule has 20 heavy (non-hydrogen) atoms. The normalized spacial score (nSPS) is 10.9. The van der Waals surface area contributed by atoms with Crippen molar-refractivity contribution in [1.82, 2.24) is 20.2 Å². The molecule has 0 aromatic carbocycles. The van der Waals surface area contributed by atoms with Crippen LogP contribution in [0.4, 0.5) is 0 Å². The van der Waals surface area contributed by atoms with E-state index in [4.69, 9.17) is 0 Å². The molecule has 0 fully saturated rings. The molecular weight excluding hydrogens is 248 g/mol. The number of aromatic nitrogens is 2. The summed E-state index contributed by atoms with van der Waals surface area (Å²) in [5.41, 5.74) is 3.39. The van der Waals surface area contributed by atoms with Crippen LogP contribution in [0.1, 0.15) is 23.9 Å². The first-order chi connectivity index (χ1) is 9.78. The molecule has 0 radical (unpaired) electrons. The van der Waals surface area contributed by atoms with E-state index in [1.54, 1.807) is 0 Å². The summed E-state index contributed by atoms with van der Waals surface area (Å²) in [6.07, 6.45) is 3.78. The highest BCUT2D eigenvalue weighted by atomic mass is 15.1. The van der Waals surface area contributed by atoms with Gasteiger partial charge >= 0.3 is 0 Å². The monoisotopic (exact) mass is 270 g/mol. The largest absolute Gasteiger partial charge is 0.313 e. The zero-order chi connectivity index (χ0) is 14.2. The van der Waals surface area contributed by atoms with E-state index in [0.717, 1.165) is 37.6 Å². The molecule has 2 heterocycles. The smallest absolute Gasteiger partial charge is 0.0544 e. The molecule has 0 saturated carbocycles. The summed E-state index contributed by atoms with van der Waals surface area (Å²) in [7, 11) is 2.09. The number of rotatable bonds is 7. The lowest BCUT2D eigenvalue weighted by atomic mass is 10.2. The average Bonchev–Trinajstić information content (AvgIpc) is 2.47. The molecule has 0 bridgehead atoms. The summed E-state index contributed by atoms with van der Waals surface area (Å²) >= 11 is 0. The van der Waals surface area contributed by atoms with Crippen molar-refractivity contribution in [2.75, 3.05) is 13.6 Å². The molecule has 0 saturated heterocycles. The molecule has 2 aromatic rings. The molecule has 106 valence electrons. The van der Waals surface area contributed by atoms with Gasteiger partial charge in [0, 0.05) is 32.0 Å². The van der Waals surface area contributed by atoms with E-state index in [0.29, 0.717) is 0 Å². The van der Waals surface area contributed by atoms with Gasteiger partial charge < -0.3 is 5.32 Å². The van der Waals surface area contributed by atoms with Gasteiger partial charge in [-0.3, -0.25) is 14.9 Å². The maximum atomic E-state index is 4.51. The summed E-state index contributed by atoms with van der Waals surface area (Å²) in [4.78, 5) is 11.1. The Morgan fingerprint density at radius 3 is 2.45 bits per heavy atom. The second-order valence-corrected chi connectivity index (χ2v) is 4.93. The minimum atomic E-state index is 0.831. The summed E-state index contributed by atoms with van der Waals surface area (Å²) in [5, 5.41) is 3.30. The van der Waals surface area contributed by atoms with Gasteiger partial charge in [-0.1, -0.05) is 19.1 Å². The Hall–Kier alpha value is -1.78. The highest BCUT2D eigenvalue weighted by molar-refractivity contribution is 5.14. The van der Waals surface area contributed by atoms with Crippen LogP contribution >= 0.6 is 0 Å². The molecule has 0 aliphatic rings. The van der Waals surface area contributed by atoms with Gasteiger partial charge in [0.05, 0.1) is 11.4 Å². The molecule has 0 aliphatic carbocycles. The lowest BCUT2D eigenvalue weighted by Gasteiger charge is -2.15. The molecule has 2 aromatic heterocycles. The van der Waals surface area contributed by atoms with Crippen molar-refractivity contribution >= 4 is 0 Å². The molecule has 0 unspecified atom stereocenters. The third kappa shape index (κ3) is 4.72. The first-order valence-electron chi connectivity index (χ1n) is 7.01. The van der Waals surface area contributed by atoms with Crippen LogP contribution in [-0.2, 0) is 19.6 Å². The standard InChI is InChI=1S/C16H22N4/c1-3-17-10-14-7-8-16(19-11-14)13-20(2)12-15-6-4-5-9-18-15/h4-9,11,17H,3,10,12-13H2,1-2H3. The first kappa shape index (κ1) is 14.6. The van der Waals surface area contributed by atoms with Gasteiger partial charge in [-0.25, -0.2) is 0 Å². The van der Waals surface area contributed by atoms with Crippen molar-refractivity contribution < 1.29 is 0 Å². The number of hydrogen-bond donors (Lipinski definition) is 1. The van der Waals surface area contributed by atoms with E-state index < -0.39 is 0 Å². The molecular formula is C16H22N4. The maximum Gasteiger partial charge on any atom is 0.0544 e. The van der Waals surface area contributed by atoms with E-state index in [1.165, 1.54) is 5.56 Å². The Bertz CT molecular complexity index is 496. The van der Waals surface area contributed by atoms with Crippen LogP contribution < -0.4 is 5.32 Å². The van der Waals surface area contributed by atoms with Crippen LogP contribution in [0, 0.1) is 0 Å². The van der Waals surface area contributed by atoms with Crippen LogP contribution in [0.3, 0.4) is 0 Å². The molecule has 1 N–H and O–H groups in total. The summed E-state index contributed by atoms with van der Waals surface area (Å²) in [5.74, 6) is 0. The Balaban J connectivity index is 1.86. The highest BCUT2D eigenvalue weighted by Gasteiger charge is 2.03. The quantitative estimate of drug-likeness (QED) is 0.837. The van der Waals surface area contributed by atoms with Gasteiger partial charge in [0.1, 0.15) is 0 Å². The minimum Gasteiger partial charge on any atom is -0.313 e. The molecule has 4 nitrogen and oxygen atoms in total. The van der Waals surface area contributed by atoms with Crippen molar-refractivity contribution in [3.8, 4) is 0 Å². The first-order valence-corrected chi connectivity index (χ1v) is 7.01. The van der Waals surface area contributed by atoms with E-state index in [9.17, 15) is 0 Å². The summed E-state index contributed by atoms with van der Waals surface area (Å²) in [6.45, 7) is 5.64. The zero-order valence-corrected chi connectivity index (χ0v) is 12.2. The molecule has 0 spiro atoms. The van der Waals surface area contributed by atoms with Gasteiger partial charge in [0.25, 0.3) is 0 Å². The fourth-order valence-electron chi connectivity index (χ4n) is 2.02. The fraction of sp³-hybridized carbons (Fsp3) is 0.375. The second-order valence-electron chi connectivity index (χ2n) is 4.93. The van der Waals surface area contributed by atoms with Crippen molar-refractivity contribution in [3.63, 3.8) is 0 Å². The highest BCUT2D eigenvalue weighted by Crippen LogP contribution is 2.06. The zero-order valence-electron chi connectivity index (χ0n) is 12.2. The third-order valence-electron chi connectivity index (χ3n) is 3.06. The van der Waals surface area contributed by atoms with Crippen LogP contribution in [-0.4, -0.2) is 28.5 Å². The van der Waals surface area contributed by atoms with Crippen molar-refractivity contribution in [2.45, 2.75) is 26.6 Å². The van der Waals surface area contributed by atoms with Gasteiger partial charge in [-0.2, -0.15) is 0 Å². The number of nitrogens with one attached hydrogen (secondary N) is 1. The predicted octanol–water partition coefficient (Wildman–Crippen LogP) is 2.22. The summed E-state index contributed by atoms with van der Waals surface area (Å²) < 4.78 is 0. The van der Waals surface area contributed by atoms with Crippen molar-refractivity contribution in [3.05, 3.63) is 59.7 Å². The fourth-order valence-corrected chi connectivity index (χ4v) is 2.02. The van der Waals surface area contributed by atoms with Crippen LogP contribution in [0.2, 0.25) is 0 Å². The minimum absolute atomic E-state index is 0.831. The Kier molecular flexibility index (Phi) is 5.65. The molecule has 2 rings (SSSR count). The van der Waals surface area contributed by atoms with Crippen LogP contribution in [0.5, 0.6) is 0 Å². The Morgan fingerprint density at radius 1 is 1.05 bits per heavy atom. The van der Waals surface area contributed by atoms with E-state index >= 15 is 0 Å². The summed E-state index contributed by atoms with van der Waals surface area (Å²) in [6, 6.07) is 10.2. The average molecular weight is 270 g/mol. The van der Waals surface area contributed by atoms with E-state index in [-0.39, 0.29) is 0 Å². The Labute approximate surface area is 120 Å². The van der Waals surface area contributed by atoms with Crippen molar-refractivity contribution in [2.24, 2.45) is 0 Å². The van der Waals surface area contributed by atoms with E-state index in [2.05, 4.69) is 46.3 Å². The Morgan fingerprint density at radius 2 is 1.85 bits per heavy atom. The molecule has 0 amide bonds. The number of pyridine rings is 2. The van der Waals surface area contributed by atoms with Gasteiger partial charge in [-0.15, -0.1) is 0 Å². The topological polar surface area (TPSA) is 41.0 Å². The molecule has 0 atom stereocenters. The third-order valence-corrected chi connectivity index (χ3v) is 3.06. The van der Waals surface area contributed by atoms with Gasteiger partial charge in [0.15, 0.2) is 0 Å². The predicted molar refractivity (Wildman–Crippen MR) is 81.0 cm³/mol.